The molecular formula is C15H20BrNO3. The summed E-state index contributed by atoms with van der Waals surface area (Å²) in [6.45, 7) is 2.09. The van der Waals surface area contributed by atoms with Crippen LogP contribution in [0.25, 0.3) is 0 Å². The second-order valence-corrected chi connectivity index (χ2v) is 6.06. The highest BCUT2D eigenvalue weighted by atomic mass is 79.9. The van der Waals surface area contributed by atoms with Crippen LogP contribution in [0.3, 0.4) is 0 Å². The Hall–Kier alpha value is -1.07. The van der Waals surface area contributed by atoms with Crippen molar-refractivity contribution in [3.8, 4) is 5.75 Å². The number of aliphatic carboxylic acids is 1. The van der Waals surface area contributed by atoms with Crippen LogP contribution in [-0.2, 0) is 4.79 Å². The second kappa shape index (κ2) is 7.64. The largest absolute Gasteiger partial charge is 0.492 e. The molecule has 1 aromatic rings. The molecule has 20 heavy (non-hydrogen) atoms. The Labute approximate surface area is 127 Å². The van der Waals surface area contributed by atoms with Crippen LogP contribution in [0, 0.1) is 11.8 Å². The molecule has 0 spiro atoms. The van der Waals surface area contributed by atoms with E-state index < -0.39 is 5.97 Å². The van der Waals surface area contributed by atoms with Crippen LogP contribution < -0.4 is 10.1 Å². The topological polar surface area (TPSA) is 58.6 Å². The monoisotopic (exact) mass is 341 g/mol. The lowest BCUT2D eigenvalue weighted by molar-refractivity contribution is -0.142. The average Bonchev–Trinajstić information content (AvgIpc) is 2.89. The van der Waals surface area contributed by atoms with Gasteiger partial charge in [0.1, 0.15) is 12.4 Å². The Morgan fingerprint density at radius 1 is 1.35 bits per heavy atom. The molecule has 110 valence electrons. The fraction of sp³-hybridized carbons (Fsp3) is 0.533. The number of carboxylic acid groups (broad SMARTS) is 1. The third-order valence-electron chi connectivity index (χ3n) is 3.74. The summed E-state index contributed by atoms with van der Waals surface area (Å²) < 4.78 is 6.63. The smallest absolute Gasteiger partial charge is 0.306 e. The van der Waals surface area contributed by atoms with Gasteiger partial charge in [-0.25, -0.2) is 0 Å². The van der Waals surface area contributed by atoms with Crippen molar-refractivity contribution in [3.05, 3.63) is 28.7 Å². The number of nitrogens with one attached hydrogen (secondary N) is 1. The van der Waals surface area contributed by atoms with Gasteiger partial charge in [0.05, 0.1) is 5.92 Å². The Morgan fingerprint density at radius 2 is 2.10 bits per heavy atom. The van der Waals surface area contributed by atoms with Crippen molar-refractivity contribution in [2.45, 2.75) is 19.3 Å². The van der Waals surface area contributed by atoms with E-state index in [2.05, 4.69) is 21.2 Å². The lowest BCUT2D eigenvalue weighted by atomic mass is 9.96. The van der Waals surface area contributed by atoms with Crippen molar-refractivity contribution in [3.63, 3.8) is 0 Å². The van der Waals surface area contributed by atoms with Gasteiger partial charge in [0.15, 0.2) is 0 Å². The van der Waals surface area contributed by atoms with Crippen molar-refractivity contribution < 1.29 is 14.6 Å². The lowest BCUT2D eigenvalue weighted by Gasteiger charge is -2.16. The molecule has 0 aromatic heterocycles. The molecule has 1 aliphatic carbocycles. The lowest BCUT2D eigenvalue weighted by Crippen LogP contribution is -2.31. The Balaban J connectivity index is 1.62. The fourth-order valence-electron chi connectivity index (χ4n) is 2.67. The molecule has 0 aliphatic heterocycles. The van der Waals surface area contributed by atoms with Crippen LogP contribution in [0.4, 0.5) is 0 Å². The third-order valence-corrected chi connectivity index (χ3v) is 4.27. The summed E-state index contributed by atoms with van der Waals surface area (Å²) >= 11 is 3.38. The van der Waals surface area contributed by atoms with Crippen LogP contribution in [0.15, 0.2) is 28.7 Å². The van der Waals surface area contributed by atoms with Gasteiger partial charge < -0.3 is 15.2 Å². The molecule has 5 heteroatoms. The van der Waals surface area contributed by atoms with Crippen LogP contribution in [-0.4, -0.2) is 30.8 Å². The van der Waals surface area contributed by atoms with Crippen LogP contribution in [0.1, 0.15) is 19.3 Å². The Morgan fingerprint density at radius 3 is 2.80 bits per heavy atom. The van der Waals surface area contributed by atoms with E-state index in [0.717, 1.165) is 42.6 Å². The molecular weight excluding hydrogens is 322 g/mol. The maximum absolute atomic E-state index is 11.1. The molecule has 1 fully saturated rings. The molecule has 0 bridgehead atoms. The normalized spacial score (nSPS) is 21.9. The molecule has 0 amide bonds. The van der Waals surface area contributed by atoms with Crippen LogP contribution in [0.2, 0.25) is 0 Å². The Kier molecular flexibility index (Phi) is 5.86. The van der Waals surface area contributed by atoms with Crippen LogP contribution in [0.5, 0.6) is 5.75 Å². The molecule has 2 unspecified atom stereocenters. The molecule has 0 heterocycles. The molecule has 2 rings (SSSR count). The second-order valence-electron chi connectivity index (χ2n) is 5.14. The number of rotatable bonds is 7. The average molecular weight is 342 g/mol. The molecule has 2 atom stereocenters. The molecule has 0 radical (unpaired) electrons. The molecule has 1 saturated carbocycles. The zero-order chi connectivity index (χ0) is 14.4. The van der Waals surface area contributed by atoms with E-state index in [1.54, 1.807) is 0 Å². The number of carboxylic acids is 1. The van der Waals surface area contributed by atoms with E-state index in [-0.39, 0.29) is 11.8 Å². The highest BCUT2D eigenvalue weighted by Gasteiger charge is 2.32. The highest BCUT2D eigenvalue weighted by Crippen LogP contribution is 2.31. The van der Waals surface area contributed by atoms with E-state index in [0.29, 0.717) is 6.61 Å². The fourth-order valence-corrected chi connectivity index (χ4v) is 2.93. The van der Waals surface area contributed by atoms with E-state index in [1.165, 1.54) is 0 Å². The molecule has 0 saturated heterocycles. The summed E-state index contributed by atoms with van der Waals surface area (Å²) in [5.74, 6) is 0.287. The van der Waals surface area contributed by atoms with Gasteiger partial charge in [-0.3, -0.25) is 4.79 Å². The van der Waals surface area contributed by atoms with Gasteiger partial charge in [-0.05, 0) is 49.6 Å². The summed E-state index contributed by atoms with van der Waals surface area (Å²) in [4.78, 5) is 11.1. The zero-order valence-electron chi connectivity index (χ0n) is 11.3. The third kappa shape index (κ3) is 4.49. The first-order chi connectivity index (χ1) is 9.66. The van der Waals surface area contributed by atoms with Gasteiger partial charge in [0, 0.05) is 11.0 Å². The molecule has 4 nitrogen and oxygen atoms in total. The van der Waals surface area contributed by atoms with Gasteiger partial charge in [-0.2, -0.15) is 0 Å². The summed E-state index contributed by atoms with van der Waals surface area (Å²) in [6, 6.07) is 7.72. The molecule has 1 aliphatic rings. The van der Waals surface area contributed by atoms with E-state index in [9.17, 15) is 4.79 Å². The number of benzene rings is 1. The summed E-state index contributed by atoms with van der Waals surface area (Å²) in [7, 11) is 0. The van der Waals surface area contributed by atoms with Gasteiger partial charge in [-0.1, -0.05) is 22.4 Å². The number of ether oxygens (including phenoxy) is 1. The minimum atomic E-state index is -0.652. The minimum absolute atomic E-state index is 0.171. The maximum Gasteiger partial charge on any atom is 0.306 e. The highest BCUT2D eigenvalue weighted by molar-refractivity contribution is 9.10. The van der Waals surface area contributed by atoms with Crippen molar-refractivity contribution in [2.24, 2.45) is 11.8 Å². The van der Waals surface area contributed by atoms with Gasteiger partial charge >= 0.3 is 5.97 Å². The maximum atomic E-state index is 11.1. The van der Waals surface area contributed by atoms with Crippen molar-refractivity contribution in [2.75, 3.05) is 19.7 Å². The number of carbonyl (C=O) groups is 1. The number of hydrogen-bond donors (Lipinski definition) is 2. The number of hydrogen-bond acceptors (Lipinski definition) is 3. The molecule has 2 N–H and O–H groups in total. The zero-order valence-corrected chi connectivity index (χ0v) is 12.9. The standard InChI is InChI=1S/C15H20BrNO3/c16-12-4-6-13(7-5-12)20-9-8-17-10-11-2-1-3-14(11)15(18)19/h4-7,11,14,17H,1-3,8-10H2,(H,18,19). The van der Waals surface area contributed by atoms with Crippen molar-refractivity contribution >= 4 is 21.9 Å². The quantitative estimate of drug-likeness (QED) is 0.748. The van der Waals surface area contributed by atoms with E-state index in [4.69, 9.17) is 9.84 Å². The predicted octanol–water partition coefficient (Wildman–Crippen LogP) is 2.92. The first-order valence-corrected chi connectivity index (χ1v) is 7.78. The summed E-state index contributed by atoms with van der Waals surface area (Å²) in [6.07, 6.45) is 2.85. The summed E-state index contributed by atoms with van der Waals surface area (Å²) in [5.41, 5.74) is 0. The van der Waals surface area contributed by atoms with Crippen LogP contribution >= 0.6 is 15.9 Å². The van der Waals surface area contributed by atoms with Crippen molar-refractivity contribution in [1.82, 2.24) is 5.32 Å². The van der Waals surface area contributed by atoms with E-state index in [1.807, 2.05) is 24.3 Å². The number of halogens is 1. The predicted molar refractivity (Wildman–Crippen MR) is 81.0 cm³/mol. The van der Waals surface area contributed by atoms with Gasteiger partial charge in [-0.15, -0.1) is 0 Å². The van der Waals surface area contributed by atoms with Gasteiger partial charge in [0.25, 0.3) is 0 Å². The molecule has 1 aromatic carbocycles. The first-order valence-electron chi connectivity index (χ1n) is 6.98. The first kappa shape index (κ1) is 15.3. The van der Waals surface area contributed by atoms with Crippen molar-refractivity contribution in [1.29, 1.82) is 0 Å². The Bertz CT molecular complexity index is 435. The summed E-state index contributed by atoms with van der Waals surface area (Å²) in [5, 5.41) is 12.4. The SMILES string of the molecule is O=C(O)C1CCCC1CNCCOc1ccc(Br)cc1. The minimum Gasteiger partial charge on any atom is -0.492 e. The van der Waals surface area contributed by atoms with E-state index >= 15 is 0 Å². The van der Waals surface area contributed by atoms with Gasteiger partial charge in [0.2, 0.25) is 0 Å².